The van der Waals surface area contributed by atoms with Crippen molar-refractivity contribution in [2.75, 3.05) is 11.9 Å². The smallest absolute Gasteiger partial charge is 0.147 e. The summed E-state index contributed by atoms with van der Waals surface area (Å²) in [5.74, 6) is 0.808. The Hall–Kier alpha value is -1.07. The Morgan fingerprint density at radius 3 is 3.40 bits per heavy atom. The number of hydroxylamine groups is 1. The molecule has 3 heterocycles. The number of hydrogen-bond acceptors (Lipinski definition) is 4. The molecule has 1 unspecified atom stereocenters. The van der Waals surface area contributed by atoms with Crippen LogP contribution in [0.15, 0.2) is 24.0 Å². The molecular weight excluding hydrogens is 260 g/mol. The number of fused-ring (bicyclic) bond motifs is 2. The van der Waals surface area contributed by atoms with Crippen molar-refractivity contribution < 1.29 is 9.57 Å². The molecule has 2 aliphatic heterocycles. The van der Waals surface area contributed by atoms with Crippen LogP contribution < -0.4 is 10.2 Å². The lowest BCUT2D eigenvalue weighted by Crippen LogP contribution is -2.19. The summed E-state index contributed by atoms with van der Waals surface area (Å²) in [4.78, 5) is 9.46. The van der Waals surface area contributed by atoms with Crippen molar-refractivity contribution in [3.05, 3.63) is 29.6 Å². The number of aromatic nitrogens is 1. The average molecular weight is 269 g/mol. The molecule has 1 atom stereocenters. The molecule has 0 saturated heterocycles. The zero-order valence-electron chi connectivity index (χ0n) is 7.87. The van der Waals surface area contributed by atoms with Crippen molar-refractivity contribution in [1.82, 2.24) is 10.5 Å². The highest BCUT2D eigenvalue weighted by molar-refractivity contribution is 9.09. The first-order valence-electron chi connectivity index (χ1n) is 4.68. The third-order valence-electron chi connectivity index (χ3n) is 2.59. The predicted octanol–water partition coefficient (Wildman–Crippen LogP) is 1.48. The normalized spacial score (nSPS) is 22.9. The maximum Gasteiger partial charge on any atom is 0.147 e. The van der Waals surface area contributed by atoms with Gasteiger partial charge in [-0.15, -0.1) is 0 Å². The molecule has 1 N–H and O–H groups in total. The van der Waals surface area contributed by atoms with E-state index in [9.17, 15) is 0 Å². The minimum Gasteiger partial charge on any atom is -0.487 e. The third kappa shape index (κ3) is 1.34. The summed E-state index contributed by atoms with van der Waals surface area (Å²) in [5, 5.41) is 0.766. The topological polar surface area (TPSA) is 43.4 Å². The zero-order chi connectivity index (χ0) is 10.3. The number of alkyl halides is 1. The molecule has 0 aliphatic carbocycles. The lowest BCUT2D eigenvalue weighted by molar-refractivity contribution is 0.0592. The third-order valence-corrected chi connectivity index (χ3v) is 3.18. The maximum atomic E-state index is 5.61. The second-order valence-electron chi connectivity index (χ2n) is 3.42. The van der Waals surface area contributed by atoms with Gasteiger partial charge in [-0.1, -0.05) is 15.9 Å². The number of pyridine rings is 1. The fourth-order valence-corrected chi connectivity index (χ4v) is 2.33. The van der Waals surface area contributed by atoms with Crippen LogP contribution in [0.4, 0.5) is 0 Å². The van der Waals surface area contributed by atoms with Gasteiger partial charge in [0.15, 0.2) is 0 Å². The summed E-state index contributed by atoms with van der Waals surface area (Å²) in [6.45, 7) is 0.567. The van der Waals surface area contributed by atoms with Crippen LogP contribution in [-0.4, -0.2) is 23.0 Å². The van der Waals surface area contributed by atoms with E-state index in [1.54, 1.807) is 12.4 Å². The SMILES string of the molecule is BrCC1ONC2=C1COc1cnccc12. The van der Waals surface area contributed by atoms with E-state index in [2.05, 4.69) is 26.4 Å². The van der Waals surface area contributed by atoms with Gasteiger partial charge < -0.3 is 4.74 Å². The molecule has 1 aromatic heterocycles. The Morgan fingerprint density at radius 1 is 1.60 bits per heavy atom. The van der Waals surface area contributed by atoms with E-state index in [4.69, 9.17) is 9.57 Å². The Balaban J connectivity index is 2.09. The molecule has 0 amide bonds. The van der Waals surface area contributed by atoms with Gasteiger partial charge in [0.05, 0.1) is 11.9 Å². The molecule has 78 valence electrons. The van der Waals surface area contributed by atoms with E-state index in [1.165, 1.54) is 0 Å². The molecule has 2 aliphatic rings. The van der Waals surface area contributed by atoms with Crippen molar-refractivity contribution in [3.8, 4) is 5.75 Å². The van der Waals surface area contributed by atoms with Gasteiger partial charge in [-0.25, -0.2) is 0 Å². The molecular formula is C10H9BrN2O2. The van der Waals surface area contributed by atoms with E-state index < -0.39 is 0 Å². The van der Waals surface area contributed by atoms with Gasteiger partial charge in [0.1, 0.15) is 18.5 Å². The van der Waals surface area contributed by atoms with Gasteiger partial charge >= 0.3 is 0 Å². The lowest BCUT2D eigenvalue weighted by Gasteiger charge is -2.18. The molecule has 0 aromatic carbocycles. The van der Waals surface area contributed by atoms with Gasteiger partial charge in [-0.05, 0) is 6.07 Å². The monoisotopic (exact) mass is 268 g/mol. The minimum atomic E-state index is 0.0568. The van der Waals surface area contributed by atoms with Crippen LogP contribution in [0.1, 0.15) is 5.56 Å². The first-order valence-corrected chi connectivity index (χ1v) is 5.80. The Morgan fingerprint density at radius 2 is 2.53 bits per heavy atom. The second-order valence-corrected chi connectivity index (χ2v) is 4.07. The summed E-state index contributed by atoms with van der Waals surface area (Å²) in [6, 6.07) is 1.93. The molecule has 4 nitrogen and oxygen atoms in total. The minimum absolute atomic E-state index is 0.0568. The number of hydrogen-bond donors (Lipinski definition) is 1. The van der Waals surface area contributed by atoms with Crippen molar-refractivity contribution in [2.45, 2.75) is 6.10 Å². The molecule has 0 fully saturated rings. The van der Waals surface area contributed by atoms with Crippen LogP contribution in [-0.2, 0) is 4.84 Å². The summed E-state index contributed by atoms with van der Waals surface area (Å²) in [7, 11) is 0. The molecule has 3 rings (SSSR count). The average Bonchev–Trinajstić information content (AvgIpc) is 2.72. The number of rotatable bonds is 1. The highest BCUT2D eigenvalue weighted by atomic mass is 79.9. The van der Waals surface area contributed by atoms with Crippen LogP contribution in [0.25, 0.3) is 5.70 Å². The molecule has 5 heteroatoms. The lowest BCUT2D eigenvalue weighted by atomic mass is 10.0. The second kappa shape index (κ2) is 3.50. The van der Waals surface area contributed by atoms with Gasteiger partial charge in [-0.3, -0.25) is 15.3 Å². The quantitative estimate of drug-likeness (QED) is 0.784. The molecule has 0 radical (unpaired) electrons. The molecule has 0 bridgehead atoms. The van der Waals surface area contributed by atoms with Gasteiger partial charge in [-0.2, -0.15) is 0 Å². The van der Waals surface area contributed by atoms with E-state index >= 15 is 0 Å². The fraction of sp³-hybridized carbons (Fsp3) is 0.300. The molecule has 0 saturated carbocycles. The first kappa shape index (κ1) is 9.18. The van der Waals surface area contributed by atoms with Crippen LogP contribution >= 0.6 is 15.9 Å². The molecule has 1 aromatic rings. The van der Waals surface area contributed by atoms with E-state index in [-0.39, 0.29) is 6.10 Å². The number of halogens is 1. The number of nitrogens with zero attached hydrogens (tertiary/aromatic N) is 1. The number of ether oxygens (including phenoxy) is 1. The van der Waals surface area contributed by atoms with Gasteiger partial charge in [0.25, 0.3) is 0 Å². The first-order chi connectivity index (χ1) is 7.40. The predicted molar refractivity (Wildman–Crippen MR) is 58.5 cm³/mol. The largest absolute Gasteiger partial charge is 0.487 e. The van der Waals surface area contributed by atoms with Crippen LogP contribution in [0.2, 0.25) is 0 Å². The highest BCUT2D eigenvalue weighted by Crippen LogP contribution is 2.35. The van der Waals surface area contributed by atoms with Crippen LogP contribution in [0.3, 0.4) is 0 Å². The van der Waals surface area contributed by atoms with Crippen molar-refractivity contribution in [3.63, 3.8) is 0 Å². The van der Waals surface area contributed by atoms with Crippen molar-refractivity contribution in [1.29, 1.82) is 0 Å². The molecule has 0 spiro atoms. The van der Waals surface area contributed by atoms with Gasteiger partial charge in [0.2, 0.25) is 0 Å². The van der Waals surface area contributed by atoms with E-state index in [0.29, 0.717) is 6.61 Å². The summed E-state index contributed by atoms with van der Waals surface area (Å²) >= 11 is 3.41. The van der Waals surface area contributed by atoms with Crippen molar-refractivity contribution >= 4 is 21.6 Å². The highest BCUT2D eigenvalue weighted by Gasteiger charge is 2.31. The summed E-state index contributed by atoms with van der Waals surface area (Å²) in [6.07, 6.45) is 3.53. The van der Waals surface area contributed by atoms with E-state index in [1.807, 2.05) is 6.07 Å². The Labute approximate surface area is 95.4 Å². The standard InChI is InChI=1S/C10H9BrN2O2/c11-3-8-7-5-14-9-4-12-2-1-6(9)10(7)13-15-8/h1-2,4,8,13H,3,5H2. The fourth-order valence-electron chi connectivity index (χ4n) is 1.80. The van der Waals surface area contributed by atoms with E-state index in [0.717, 1.165) is 27.9 Å². The van der Waals surface area contributed by atoms with Gasteiger partial charge in [0, 0.05) is 22.7 Å². The Bertz CT molecular complexity index is 433. The molecule has 15 heavy (non-hydrogen) atoms. The number of nitrogens with one attached hydrogen (secondary N) is 1. The zero-order valence-corrected chi connectivity index (χ0v) is 9.45. The van der Waals surface area contributed by atoms with Crippen molar-refractivity contribution in [2.24, 2.45) is 0 Å². The summed E-state index contributed by atoms with van der Waals surface area (Å²) < 4.78 is 5.61. The van der Waals surface area contributed by atoms with Crippen LogP contribution in [0, 0.1) is 0 Å². The van der Waals surface area contributed by atoms with Crippen LogP contribution in [0.5, 0.6) is 5.75 Å². The Kier molecular flexibility index (Phi) is 2.14. The summed E-state index contributed by atoms with van der Waals surface area (Å²) in [5.41, 5.74) is 6.17. The maximum absolute atomic E-state index is 5.61.